The highest BCUT2D eigenvalue weighted by Gasteiger charge is 2.34. The predicted molar refractivity (Wildman–Crippen MR) is 131 cm³/mol. The van der Waals surface area contributed by atoms with Crippen molar-refractivity contribution in [3.05, 3.63) is 28.7 Å². The number of amides is 2. The van der Waals surface area contributed by atoms with E-state index in [1.807, 2.05) is 32.6 Å². The van der Waals surface area contributed by atoms with Gasteiger partial charge in [-0.1, -0.05) is 0 Å². The van der Waals surface area contributed by atoms with Gasteiger partial charge in [-0.3, -0.25) is 18.7 Å². The highest BCUT2D eigenvalue weighted by atomic mass is 16.5. The lowest BCUT2D eigenvalue weighted by Crippen LogP contribution is -2.54. The lowest BCUT2D eigenvalue weighted by molar-refractivity contribution is -0.147. The molecule has 9 heteroatoms. The third-order valence-corrected chi connectivity index (χ3v) is 8.10. The number of rotatable bonds is 5. The van der Waals surface area contributed by atoms with Crippen LogP contribution in [0.15, 0.2) is 23.0 Å². The van der Waals surface area contributed by atoms with E-state index in [0.717, 1.165) is 55.3 Å². The minimum Gasteiger partial charge on any atom is -0.497 e. The molecule has 2 aliphatic heterocycles. The maximum absolute atomic E-state index is 13.2. The van der Waals surface area contributed by atoms with Crippen LogP contribution in [0.1, 0.15) is 38.5 Å². The number of hydrogen-bond donors (Lipinski definition) is 0. The number of carbonyl (C=O) groups is 2. The fourth-order valence-corrected chi connectivity index (χ4v) is 5.93. The molecule has 2 amide bonds. The van der Waals surface area contributed by atoms with Crippen molar-refractivity contribution in [3.63, 3.8) is 0 Å². The molecule has 1 unspecified atom stereocenters. The molecule has 0 bridgehead atoms. The van der Waals surface area contributed by atoms with E-state index in [9.17, 15) is 14.4 Å². The Hall–Kier alpha value is -2.81. The van der Waals surface area contributed by atoms with Crippen molar-refractivity contribution in [2.75, 3.05) is 39.9 Å². The molecule has 1 aliphatic carbocycles. The van der Waals surface area contributed by atoms with Gasteiger partial charge in [0.25, 0.3) is 5.91 Å². The molecule has 190 valence electrons. The molecule has 0 radical (unpaired) electrons. The van der Waals surface area contributed by atoms with Crippen LogP contribution in [0.3, 0.4) is 0 Å². The Morgan fingerprint density at radius 3 is 2.29 bits per heavy atom. The van der Waals surface area contributed by atoms with Gasteiger partial charge < -0.3 is 19.3 Å². The minimum absolute atomic E-state index is 0.0122. The molecule has 5 rings (SSSR count). The molecule has 9 nitrogen and oxygen atoms in total. The van der Waals surface area contributed by atoms with Gasteiger partial charge in [0.15, 0.2) is 0 Å². The number of piperazine rings is 1. The second-order valence-electron chi connectivity index (χ2n) is 10.2. The molecule has 3 aliphatic rings. The molecular formula is C26H36N4O5. The third-order valence-electron chi connectivity index (χ3n) is 8.10. The normalized spacial score (nSPS) is 25.3. The Labute approximate surface area is 205 Å². The molecule has 35 heavy (non-hydrogen) atoms. The Bertz CT molecular complexity index is 1130. The monoisotopic (exact) mass is 484 g/mol. The van der Waals surface area contributed by atoms with Crippen molar-refractivity contribution in [1.82, 2.24) is 18.9 Å². The van der Waals surface area contributed by atoms with Crippen LogP contribution in [0.5, 0.6) is 5.75 Å². The Kier molecular flexibility index (Phi) is 6.86. The topological polar surface area (TPSA) is 86.0 Å². The van der Waals surface area contributed by atoms with Crippen molar-refractivity contribution >= 4 is 22.8 Å². The maximum Gasteiger partial charge on any atom is 0.328 e. The van der Waals surface area contributed by atoms with Gasteiger partial charge in [0.2, 0.25) is 5.91 Å². The van der Waals surface area contributed by atoms with E-state index in [4.69, 9.17) is 9.47 Å². The third kappa shape index (κ3) is 4.70. The molecule has 2 aromatic rings. The van der Waals surface area contributed by atoms with Crippen molar-refractivity contribution in [3.8, 4) is 5.75 Å². The zero-order valence-corrected chi connectivity index (χ0v) is 20.8. The summed E-state index contributed by atoms with van der Waals surface area (Å²) in [6.45, 7) is 3.71. The average Bonchev–Trinajstić information content (AvgIpc) is 3.52. The number of ether oxygens (including phenoxy) is 2. The minimum atomic E-state index is -0.289. The highest BCUT2D eigenvalue weighted by Crippen LogP contribution is 2.32. The lowest BCUT2D eigenvalue weighted by Gasteiger charge is -2.38. The molecule has 3 heterocycles. The molecule has 1 saturated carbocycles. The Morgan fingerprint density at radius 1 is 0.971 bits per heavy atom. The molecule has 1 aromatic carbocycles. The van der Waals surface area contributed by atoms with E-state index in [1.165, 1.54) is 0 Å². The fourth-order valence-electron chi connectivity index (χ4n) is 5.93. The van der Waals surface area contributed by atoms with Crippen LogP contribution in [0.2, 0.25) is 0 Å². The number of aromatic nitrogens is 2. The quantitative estimate of drug-likeness (QED) is 0.648. The summed E-state index contributed by atoms with van der Waals surface area (Å²) >= 11 is 0. The molecule has 1 atom stereocenters. The van der Waals surface area contributed by atoms with Crippen LogP contribution >= 0.6 is 0 Å². The Morgan fingerprint density at radius 2 is 1.66 bits per heavy atom. The largest absolute Gasteiger partial charge is 0.497 e. The number of imidazole rings is 1. The Balaban J connectivity index is 1.15. The van der Waals surface area contributed by atoms with Gasteiger partial charge in [-0.05, 0) is 56.6 Å². The molecular weight excluding hydrogens is 448 g/mol. The van der Waals surface area contributed by atoms with Crippen LogP contribution in [-0.2, 0) is 27.9 Å². The average molecular weight is 485 g/mol. The molecule has 3 fully saturated rings. The van der Waals surface area contributed by atoms with E-state index < -0.39 is 0 Å². The summed E-state index contributed by atoms with van der Waals surface area (Å²) in [5.74, 6) is 1.45. The van der Waals surface area contributed by atoms with E-state index in [1.54, 1.807) is 18.7 Å². The highest BCUT2D eigenvalue weighted by molar-refractivity contribution is 5.82. The second kappa shape index (κ2) is 10.0. The molecule has 0 N–H and O–H groups in total. The molecule has 0 spiro atoms. The number of nitrogens with zero attached hydrogens (tertiary/aromatic N) is 4. The van der Waals surface area contributed by atoms with Gasteiger partial charge in [-0.2, -0.15) is 0 Å². The number of methoxy groups -OCH3 is 1. The lowest BCUT2D eigenvalue weighted by atomic mass is 9.81. The van der Waals surface area contributed by atoms with Gasteiger partial charge >= 0.3 is 5.69 Å². The van der Waals surface area contributed by atoms with Crippen molar-refractivity contribution in [1.29, 1.82) is 0 Å². The van der Waals surface area contributed by atoms with Gasteiger partial charge in [-0.15, -0.1) is 0 Å². The first-order valence-corrected chi connectivity index (χ1v) is 12.9. The molecule has 1 aromatic heterocycles. The number of aryl methyl sites for hydroxylation is 1. The standard InChI is InChI=1S/C26H36N4O5/c1-27-21-10-9-20(34-2)16-22(21)30(26(27)33)17-18-5-7-19(8-6-18)24(31)28-11-13-29(14-12-28)25(32)23-4-3-15-35-23/h9-10,16,18-19,23H,3-8,11-15,17H2,1-2H3/t18-,19-,23?. The maximum atomic E-state index is 13.2. The summed E-state index contributed by atoms with van der Waals surface area (Å²) in [4.78, 5) is 42.4. The summed E-state index contributed by atoms with van der Waals surface area (Å²) < 4.78 is 14.4. The van der Waals surface area contributed by atoms with Crippen molar-refractivity contribution < 1.29 is 19.1 Å². The van der Waals surface area contributed by atoms with Crippen LogP contribution < -0.4 is 10.4 Å². The zero-order valence-electron chi connectivity index (χ0n) is 20.8. The van der Waals surface area contributed by atoms with Crippen LogP contribution in [0.4, 0.5) is 0 Å². The molecule has 2 saturated heterocycles. The van der Waals surface area contributed by atoms with Crippen LogP contribution in [0.25, 0.3) is 11.0 Å². The first-order valence-electron chi connectivity index (χ1n) is 12.9. The number of benzene rings is 1. The van der Waals surface area contributed by atoms with E-state index in [2.05, 4.69) is 0 Å². The van der Waals surface area contributed by atoms with Crippen LogP contribution in [-0.4, -0.2) is 76.7 Å². The summed E-state index contributed by atoms with van der Waals surface area (Å²) in [6, 6.07) is 5.73. The van der Waals surface area contributed by atoms with Crippen LogP contribution in [0, 0.1) is 11.8 Å². The van der Waals surface area contributed by atoms with E-state index in [-0.39, 0.29) is 29.5 Å². The van der Waals surface area contributed by atoms with Gasteiger partial charge in [0.1, 0.15) is 11.9 Å². The zero-order chi connectivity index (χ0) is 24.5. The smallest absolute Gasteiger partial charge is 0.328 e. The second-order valence-corrected chi connectivity index (χ2v) is 10.2. The number of carbonyl (C=O) groups excluding carboxylic acids is 2. The predicted octanol–water partition coefficient (Wildman–Crippen LogP) is 2.00. The first-order chi connectivity index (χ1) is 17.0. The summed E-state index contributed by atoms with van der Waals surface area (Å²) in [6.07, 6.45) is 5.02. The summed E-state index contributed by atoms with van der Waals surface area (Å²) in [5, 5.41) is 0. The first kappa shape index (κ1) is 23.9. The summed E-state index contributed by atoms with van der Waals surface area (Å²) in [5.41, 5.74) is 1.78. The van der Waals surface area contributed by atoms with Gasteiger partial charge in [-0.25, -0.2) is 4.79 Å². The van der Waals surface area contributed by atoms with Gasteiger partial charge in [0.05, 0.1) is 18.1 Å². The van der Waals surface area contributed by atoms with Crippen molar-refractivity contribution in [2.45, 2.75) is 51.2 Å². The summed E-state index contributed by atoms with van der Waals surface area (Å²) in [7, 11) is 3.43. The number of fused-ring (bicyclic) bond motifs is 1. The van der Waals surface area contributed by atoms with E-state index in [0.29, 0.717) is 45.2 Å². The SMILES string of the molecule is COc1ccc2c(c1)n(C[C@H]1CC[C@H](C(=O)N3CCN(C(=O)C4CCCO4)CC3)CC1)c(=O)n2C. The fraction of sp³-hybridized carbons (Fsp3) is 0.654. The van der Waals surface area contributed by atoms with E-state index >= 15 is 0 Å². The van der Waals surface area contributed by atoms with Crippen molar-refractivity contribution in [2.24, 2.45) is 18.9 Å². The number of hydrogen-bond acceptors (Lipinski definition) is 5. The van der Waals surface area contributed by atoms with Gasteiger partial charge in [0, 0.05) is 58.4 Å².